The van der Waals surface area contributed by atoms with Gasteiger partial charge in [0.05, 0.1) is 17.5 Å². The highest BCUT2D eigenvalue weighted by Crippen LogP contribution is 2.31. The minimum atomic E-state index is 0.168. The van der Waals surface area contributed by atoms with Gasteiger partial charge in [0.2, 0.25) is 0 Å². The number of aryl methyl sites for hydroxylation is 1. The van der Waals surface area contributed by atoms with E-state index in [0.717, 1.165) is 22.7 Å². The predicted molar refractivity (Wildman–Crippen MR) is 98.6 cm³/mol. The maximum Gasteiger partial charge on any atom is 0.137 e. The van der Waals surface area contributed by atoms with Crippen LogP contribution in [-0.2, 0) is 0 Å². The van der Waals surface area contributed by atoms with Crippen LogP contribution in [0.1, 0.15) is 38.1 Å². The highest BCUT2D eigenvalue weighted by Gasteiger charge is 2.19. The van der Waals surface area contributed by atoms with E-state index in [-0.39, 0.29) is 12.0 Å². The van der Waals surface area contributed by atoms with Crippen molar-refractivity contribution in [3.63, 3.8) is 0 Å². The summed E-state index contributed by atoms with van der Waals surface area (Å²) >= 11 is 0. The molecule has 3 aromatic rings. The zero-order valence-electron chi connectivity index (χ0n) is 14.8. The molecule has 24 heavy (non-hydrogen) atoms. The third-order valence-corrected chi connectivity index (χ3v) is 4.19. The summed E-state index contributed by atoms with van der Waals surface area (Å²) in [6, 6.07) is 14.3. The molecular weight excluding hydrogens is 298 g/mol. The molecule has 4 nitrogen and oxygen atoms in total. The van der Waals surface area contributed by atoms with Crippen molar-refractivity contribution < 1.29 is 4.74 Å². The number of fused-ring (bicyclic) bond motifs is 1. The molecule has 2 heterocycles. The van der Waals surface area contributed by atoms with Crippen molar-refractivity contribution in [3.05, 3.63) is 53.9 Å². The largest absolute Gasteiger partial charge is 0.491 e. The Morgan fingerprint density at radius 1 is 1.08 bits per heavy atom. The Kier molecular flexibility index (Phi) is 4.58. The molecular formula is C20H25N3O. The molecule has 0 aliphatic heterocycles. The fraction of sp³-hybridized carbons (Fsp3) is 0.350. The smallest absolute Gasteiger partial charge is 0.137 e. The Balaban J connectivity index is 2.13. The van der Waals surface area contributed by atoms with Gasteiger partial charge in [-0.1, -0.05) is 13.0 Å². The highest BCUT2D eigenvalue weighted by molar-refractivity contribution is 5.68. The monoisotopic (exact) mass is 323 g/mol. The second kappa shape index (κ2) is 6.65. The van der Waals surface area contributed by atoms with Gasteiger partial charge in [-0.25, -0.2) is 4.98 Å². The molecule has 0 spiro atoms. The van der Waals surface area contributed by atoms with Gasteiger partial charge in [-0.15, -0.1) is 0 Å². The molecule has 4 heteroatoms. The summed E-state index contributed by atoms with van der Waals surface area (Å²) in [6.45, 7) is 8.89. The standard InChI is InChI=1S/C20H25N3O/c1-13(2)24-17-10-8-16(9-11-17)19-20(14(3)12-21)23-15(4)6-5-7-18(23)22-19/h5-11,13-14H,12,21H2,1-4H3. The first-order valence-electron chi connectivity index (χ1n) is 8.46. The first-order chi connectivity index (χ1) is 11.5. The molecule has 2 N–H and O–H groups in total. The third kappa shape index (κ3) is 3.02. The van der Waals surface area contributed by atoms with Crippen LogP contribution in [0.15, 0.2) is 42.5 Å². The lowest BCUT2D eigenvalue weighted by Crippen LogP contribution is -2.12. The van der Waals surface area contributed by atoms with Crippen LogP contribution in [0, 0.1) is 6.92 Å². The number of rotatable bonds is 5. The molecule has 126 valence electrons. The normalized spacial score (nSPS) is 12.8. The van der Waals surface area contributed by atoms with Crippen molar-refractivity contribution in [2.24, 2.45) is 5.73 Å². The number of benzene rings is 1. The number of nitrogens with two attached hydrogens (primary N) is 1. The van der Waals surface area contributed by atoms with E-state index in [4.69, 9.17) is 15.5 Å². The average Bonchev–Trinajstić information content (AvgIpc) is 2.95. The maximum absolute atomic E-state index is 5.97. The van der Waals surface area contributed by atoms with Crippen molar-refractivity contribution in [3.8, 4) is 17.0 Å². The van der Waals surface area contributed by atoms with Crippen LogP contribution < -0.4 is 10.5 Å². The Labute approximate surface area is 143 Å². The number of nitrogens with zero attached hydrogens (tertiary/aromatic N) is 2. The van der Waals surface area contributed by atoms with Crippen LogP contribution in [0.25, 0.3) is 16.9 Å². The molecule has 1 atom stereocenters. The first kappa shape index (κ1) is 16.5. The molecule has 0 bridgehead atoms. The molecule has 3 rings (SSSR count). The van der Waals surface area contributed by atoms with E-state index in [0.29, 0.717) is 6.54 Å². The van der Waals surface area contributed by atoms with E-state index in [1.807, 2.05) is 38.1 Å². The highest BCUT2D eigenvalue weighted by atomic mass is 16.5. The van der Waals surface area contributed by atoms with E-state index in [9.17, 15) is 0 Å². The number of hydrogen-bond donors (Lipinski definition) is 1. The van der Waals surface area contributed by atoms with Gasteiger partial charge in [0, 0.05) is 23.7 Å². The van der Waals surface area contributed by atoms with Gasteiger partial charge in [0.25, 0.3) is 0 Å². The van der Waals surface area contributed by atoms with Crippen molar-refractivity contribution in [2.75, 3.05) is 6.54 Å². The van der Waals surface area contributed by atoms with Crippen LogP contribution in [0.5, 0.6) is 5.75 Å². The second-order valence-corrected chi connectivity index (χ2v) is 6.53. The number of pyridine rings is 1. The van der Waals surface area contributed by atoms with Crippen LogP contribution in [0.4, 0.5) is 0 Å². The molecule has 0 fully saturated rings. The number of hydrogen-bond acceptors (Lipinski definition) is 3. The molecule has 1 unspecified atom stereocenters. The molecule has 0 aliphatic carbocycles. The molecule has 0 aliphatic rings. The predicted octanol–water partition coefficient (Wildman–Crippen LogP) is 4.16. The topological polar surface area (TPSA) is 52.5 Å². The van der Waals surface area contributed by atoms with Crippen molar-refractivity contribution in [2.45, 2.75) is 39.7 Å². The molecule has 1 aromatic carbocycles. The molecule has 0 saturated carbocycles. The van der Waals surface area contributed by atoms with Gasteiger partial charge in [0.15, 0.2) is 0 Å². The average molecular weight is 323 g/mol. The van der Waals surface area contributed by atoms with E-state index in [1.54, 1.807) is 0 Å². The molecule has 2 aromatic heterocycles. The second-order valence-electron chi connectivity index (χ2n) is 6.53. The molecule has 0 saturated heterocycles. The number of ether oxygens (including phenoxy) is 1. The SMILES string of the molecule is Cc1cccc2nc(-c3ccc(OC(C)C)cc3)c(C(C)CN)n12. The maximum atomic E-state index is 5.97. The first-order valence-corrected chi connectivity index (χ1v) is 8.46. The Morgan fingerprint density at radius 2 is 1.79 bits per heavy atom. The van der Waals surface area contributed by atoms with Crippen LogP contribution in [0.3, 0.4) is 0 Å². The quantitative estimate of drug-likeness (QED) is 0.767. The van der Waals surface area contributed by atoms with Crippen molar-refractivity contribution >= 4 is 5.65 Å². The summed E-state index contributed by atoms with van der Waals surface area (Å²) in [5.74, 6) is 1.10. The molecule has 0 amide bonds. The lowest BCUT2D eigenvalue weighted by Gasteiger charge is -2.14. The Hall–Kier alpha value is -2.33. The summed E-state index contributed by atoms with van der Waals surface area (Å²) in [7, 11) is 0. The number of imidazole rings is 1. The summed E-state index contributed by atoms with van der Waals surface area (Å²) in [4.78, 5) is 4.87. The summed E-state index contributed by atoms with van der Waals surface area (Å²) in [5.41, 5.74) is 11.4. The Bertz CT molecular complexity index is 834. The van der Waals surface area contributed by atoms with Crippen molar-refractivity contribution in [1.82, 2.24) is 9.38 Å². The fourth-order valence-corrected chi connectivity index (χ4v) is 3.02. The van der Waals surface area contributed by atoms with Gasteiger partial charge < -0.3 is 14.9 Å². The van der Waals surface area contributed by atoms with E-state index in [1.165, 1.54) is 11.4 Å². The zero-order valence-corrected chi connectivity index (χ0v) is 14.8. The van der Waals surface area contributed by atoms with Gasteiger partial charge in [0.1, 0.15) is 11.4 Å². The minimum absolute atomic E-state index is 0.168. The summed E-state index contributed by atoms with van der Waals surface area (Å²) in [5, 5.41) is 0. The molecule has 0 radical (unpaired) electrons. The van der Waals surface area contributed by atoms with E-state index < -0.39 is 0 Å². The van der Waals surface area contributed by atoms with Gasteiger partial charge in [-0.3, -0.25) is 0 Å². The lowest BCUT2D eigenvalue weighted by molar-refractivity contribution is 0.242. The van der Waals surface area contributed by atoms with Gasteiger partial charge >= 0.3 is 0 Å². The van der Waals surface area contributed by atoms with Crippen LogP contribution >= 0.6 is 0 Å². The van der Waals surface area contributed by atoms with Gasteiger partial charge in [-0.2, -0.15) is 0 Å². The van der Waals surface area contributed by atoms with Gasteiger partial charge in [-0.05, 0) is 57.2 Å². The zero-order chi connectivity index (χ0) is 17.3. The number of aromatic nitrogens is 2. The Morgan fingerprint density at radius 3 is 2.42 bits per heavy atom. The minimum Gasteiger partial charge on any atom is -0.491 e. The summed E-state index contributed by atoms with van der Waals surface area (Å²) in [6.07, 6.45) is 0.168. The fourth-order valence-electron chi connectivity index (χ4n) is 3.02. The van der Waals surface area contributed by atoms with Crippen LogP contribution in [-0.4, -0.2) is 22.0 Å². The van der Waals surface area contributed by atoms with E-state index >= 15 is 0 Å². The van der Waals surface area contributed by atoms with E-state index in [2.05, 4.69) is 36.4 Å². The third-order valence-electron chi connectivity index (χ3n) is 4.19. The lowest BCUT2D eigenvalue weighted by atomic mass is 10.0. The van der Waals surface area contributed by atoms with Crippen LogP contribution in [0.2, 0.25) is 0 Å². The van der Waals surface area contributed by atoms with Crippen molar-refractivity contribution in [1.29, 1.82) is 0 Å². The summed E-state index contributed by atoms with van der Waals surface area (Å²) < 4.78 is 7.95.